The van der Waals surface area contributed by atoms with Crippen LogP contribution in [0.5, 0.6) is 0 Å². The van der Waals surface area contributed by atoms with E-state index in [0.717, 1.165) is 16.1 Å². The third-order valence-electron chi connectivity index (χ3n) is 5.12. The van der Waals surface area contributed by atoms with Crippen molar-refractivity contribution in [2.45, 2.75) is 39.8 Å². The number of rotatable bonds is 11. The Hall–Kier alpha value is -2.29. The number of benzene rings is 2. The van der Waals surface area contributed by atoms with E-state index in [1.165, 1.54) is 23.1 Å². The van der Waals surface area contributed by atoms with Gasteiger partial charge in [-0.1, -0.05) is 74.3 Å². The number of nitrogens with zero attached hydrogens (tertiary/aromatic N) is 2. The Morgan fingerprint density at radius 3 is 2.24 bits per heavy atom. The number of hydrogen-bond donors (Lipinski definition) is 1. The molecule has 0 bridgehead atoms. The molecule has 10 heteroatoms. The Morgan fingerprint density at radius 1 is 1.06 bits per heavy atom. The van der Waals surface area contributed by atoms with Crippen LogP contribution in [0.25, 0.3) is 0 Å². The van der Waals surface area contributed by atoms with Gasteiger partial charge in [0.2, 0.25) is 21.8 Å². The lowest BCUT2D eigenvalue weighted by Gasteiger charge is -2.33. The molecular weight excluding hydrogens is 497 g/mol. The third kappa shape index (κ3) is 7.89. The zero-order valence-corrected chi connectivity index (χ0v) is 22.1. The predicted octanol–water partition coefficient (Wildman–Crippen LogP) is 4.34. The molecule has 0 aliphatic carbocycles. The lowest BCUT2D eigenvalue weighted by molar-refractivity contribution is -0.140. The van der Waals surface area contributed by atoms with E-state index in [9.17, 15) is 18.0 Å². The summed E-state index contributed by atoms with van der Waals surface area (Å²) in [5.74, 6) is -0.560. The Kier molecular flexibility index (Phi) is 10.2. The lowest BCUT2D eigenvalue weighted by atomic mass is 10.1. The van der Waals surface area contributed by atoms with Crippen molar-refractivity contribution in [3.63, 3.8) is 0 Å². The Bertz CT molecular complexity index is 1090. The fourth-order valence-corrected chi connectivity index (χ4v) is 4.82. The number of carbonyl (C=O) groups is 2. The molecule has 2 amide bonds. The number of amides is 2. The molecule has 0 spiro atoms. The summed E-state index contributed by atoms with van der Waals surface area (Å²) in [6.45, 7) is 5.88. The van der Waals surface area contributed by atoms with Gasteiger partial charge in [-0.15, -0.1) is 0 Å². The monoisotopic (exact) mass is 527 g/mol. The van der Waals surface area contributed by atoms with Crippen molar-refractivity contribution in [2.75, 3.05) is 23.7 Å². The minimum absolute atomic E-state index is 0.0991. The zero-order valence-electron chi connectivity index (χ0n) is 19.8. The highest BCUT2D eigenvalue weighted by atomic mass is 35.5. The van der Waals surface area contributed by atoms with Crippen molar-refractivity contribution >= 4 is 50.7 Å². The summed E-state index contributed by atoms with van der Waals surface area (Å²) in [6, 6.07) is 12.8. The van der Waals surface area contributed by atoms with Gasteiger partial charge in [0.05, 0.1) is 17.0 Å². The summed E-state index contributed by atoms with van der Waals surface area (Å²) in [5.41, 5.74) is 0.959. The Balaban J connectivity index is 2.42. The number of hydrogen-bond acceptors (Lipinski definition) is 4. The largest absolute Gasteiger partial charge is 0.354 e. The van der Waals surface area contributed by atoms with Crippen LogP contribution in [-0.2, 0) is 26.2 Å². The van der Waals surface area contributed by atoms with E-state index in [2.05, 4.69) is 5.32 Å². The molecule has 2 aromatic carbocycles. The average molecular weight is 529 g/mol. The van der Waals surface area contributed by atoms with E-state index in [1.807, 2.05) is 51.1 Å². The predicted molar refractivity (Wildman–Crippen MR) is 138 cm³/mol. The van der Waals surface area contributed by atoms with E-state index in [-0.39, 0.29) is 29.1 Å². The molecule has 0 saturated carbocycles. The molecule has 0 unspecified atom stereocenters. The van der Waals surface area contributed by atoms with Gasteiger partial charge in [0.1, 0.15) is 12.6 Å². The molecule has 1 atom stereocenters. The number of halogens is 2. The maximum absolute atomic E-state index is 13.6. The van der Waals surface area contributed by atoms with E-state index >= 15 is 0 Å². The van der Waals surface area contributed by atoms with Crippen LogP contribution in [0.2, 0.25) is 10.0 Å². The maximum Gasteiger partial charge on any atom is 0.244 e. The van der Waals surface area contributed by atoms with Crippen LogP contribution in [0.15, 0.2) is 48.5 Å². The molecule has 34 heavy (non-hydrogen) atoms. The summed E-state index contributed by atoms with van der Waals surface area (Å²) in [5, 5.41) is 3.32. The van der Waals surface area contributed by atoms with Crippen LogP contribution in [0, 0.1) is 5.92 Å². The molecular formula is C24H31Cl2N3O4S. The Labute approximate surface area is 212 Å². The molecule has 0 radical (unpaired) electrons. The van der Waals surface area contributed by atoms with E-state index in [1.54, 1.807) is 0 Å². The minimum Gasteiger partial charge on any atom is -0.354 e. The number of sulfonamides is 1. The van der Waals surface area contributed by atoms with E-state index < -0.39 is 28.5 Å². The van der Waals surface area contributed by atoms with Crippen molar-refractivity contribution in [1.29, 1.82) is 0 Å². The highest BCUT2D eigenvalue weighted by Crippen LogP contribution is 2.30. The first-order chi connectivity index (χ1) is 15.9. The van der Waals surface area contributed by atoms with Crippen LogP contribution in [0.3, 0.4) is 0 Å². The summed E-state index contributed by atoms with van der Waals surface area (Å²) in [7, 11) is -3.87. The SMILES string of the molecule is CC[C@H](C(=O)NCC(C)C)N(Cc1ccccc1)C(=O)CN(c1ccc(Cl)cc1Cl)S(C)(=O)=O. The lowest BCUT2D eigenvalue weighted by Crippen LogP contribution is -2.52. The molecule has 0 saturated heterocycles. The first-order valence-electron chi connectivity index (χ1n) is 11.0. The normalized spacial score (nSPS) is 12.3. The van der Waals surface area contributed by atoms with Crippen molar-refractivity contribution in [3.8, 4) is 0 Å². The fraction of sp³-hybridized carbons (Fsp3) is 0.417. The van der Waals surface area contributed by atoms with Gasteiger partial charge in [0.25, 0.3) is 0 Å². The van der Waals surface area contributed by atoms with Gasteiger partial charge in [0.15, 0.2) is 0 Å². The topological polar surface area (TPSA) is 86.8 Å². The molecule has 2 rings (SSSR count). The van der Waals surface area contributed by atoms with Crippen molar-refractivity contribution in [2.24, 2.45) is 5.92 Å². The van der Waals surface area contributed by atoms with Gasteiger partial charge in [-0.3, -0.25) is 13.9 Å². The molecule has 0 fully saturated rings. The van der Waals surface area contributed by atoms with Gasteiger partial charge in [-0.2, -0.15) is 0 Å². The van der Waals surface area contributed by atoms with Gasteiger partial charge in [0, 0.05) is 18.1 Å². The molecule has 2 aromatic rings. The summed E-state index contributed by atoms with van der Waals surface area (Å²) >= 11 is 12.2. The summed E-state index contributed by atoms with van der Waals surface area (Å²) in [6.07, 6.45) is 1.36. The number of nitrogens with one attached hydrogen (secondary N) is 1. The third-order valence-corrected chi connectivity index (χ3v) is 6.79. The molecule has 7 nitrogen and oxygen atoms in total. The van der Waals surface area contributed by atoms with E-state index in [0.29, 0.717) is 18.0 Å². The molecule has 0 aliphatic heterocycles. The molecule has 186 valence electrons. The second kappa shape index (κ2) is 12.4. The highest BCUT2D eigenvalue weighted by molar-refractivity contribution is 7.92. The maximum atomic E-state index is 13.6. The highest BCUT2D eigenvalue weighted by Gasteiger charge is 2.32. The summed E-state index contributed by atoms with van der Waals surface area (Å²) in [4.78, 5) is 28.0. The fourth-order valence-electron chi connectivity index (χ4n) is 3.40. The molecule has 0 aliphatic rings. The van der Waals surface area contributed by atoms with Gasteiger partial charge in [-0.25, -0.2) is 8.42 Å². The van der Waals surface area contributed by atoms with Crippen LogP contribution in [0.1, 0.15) is 32.8 Å². The zero-order chi connectivity index (χ0) is 25.5. The first kappa shape index (κ1) is 28.0. The van der Waals surface area contributed by atoms with Crippen molar-refractivity contribution in [1.82, 2.24) is 10.2 Å². The van der Waals surface area contributed by atoms with Gasteiger partial charge < -0.3 is 10.2 Å². The smallest absolute Gasteiger partial charge is 0.244 e. The second-order valence-corrected chi connectivity index (χ2v) is 11.2. The van der Waals surface area contributed by atoms with Crippen molar-refractivity contribution in [3.05, 3.63) is 64.1 Å². The quantitative estimate of drug-likeness (QED) is 0.470. The number of carbonyl (C=O) groups excluding carboxylic acids is 2. The molecule has 0 aromatic heterocycles. The number of anilines is 1. The second-order valence-electron chi connectivity index (χ2n) is 8.44. The standard InChI is InChI=1S/C24H31Cl2N3O4S/c1-5-21(24(31)27-14-17(2)3)28(15-18-9-7-6-8-10-18)23(30)16-29(34(4,32)33)22-12-11-19(25)13-20(22)26/h6-13,17,21H,5,14-16H2,1-4H3,(H,27,31)/t21-/m1/s1. The summed E-state index contributed by atoms with van der Waals surface area (Å²) < 4.78 is 26.2. The van der Waals surface area contributed by atoms with Crippen LogP contribution in [0.4, 0.5) is 5.69 Å². The van der Waals surface area contributed by atoms with Crippen LogP contribution in [-0.4, -0.2) is 50.5 Å². The van der Waals surface area contributed by atoms with Gasteiger partial charge >= 0.3 is 0 Å². The van der Waals surface area contributed by atoms with Crippen molar-refractivity contribution < 1.29 is 18.0 Å². The minimum atomic E-state index is -3.87. The average Bonchev–Trinajstić information content (AvgIpc) is 2.76. The molecule has 0 heterocycles. The van der Waals surface area contributed by atoms with Crippen LogP contribution < -0.4 is 9.62 Å². The molecule has 1 N–H and O–H groups in total. The first-order valence-corrected chi connectivity index (χ1v) is 13.6. The Morgan fingerprint density at radius 2 is 1.71 bits per heavy atom. The van der Waals surface area contributed by atoms with Gasteiger partial charge in [-0.05, 0) is 36.1 Å². The van der Waals surface area contributed by atoms with E-state index in [4.69, 9.17) is 23.2 Å². The van der Waals surface area contributed by atoms with Crippen LogP contribution >= 0.6 is 23.2 Å².